The van der Waals surface area contributed by atoms with E-state index in [1.54, 1.807) is 29.2 Å². The first kappa shape index (κ1) is 17.0. The van der Waals surface area contributed by atoms with Crippen molar-refractivity contribution >= 4 is 23.2 Å². The molecule has 1 fully saturated rings. The van der Waals surface area contributed by atoms with Gasteiger partial charge in [-0.2, -0.15) is 0 Å². The van der Waals surface area contributed by atoms with E-state index in [1.807, 2.05) is 0 Å². The molecule has 2 amide bonds. The highest BCUT2D eigenvalue weighted by Crippen LogP contribution is 2.22. The monoisotopic (exact) mass is 348 g/mol. The predicted molar refractivity (Wildman–Crippen MR) is 86.7 cm³/mol. The van der Waals surface area contributed by atoms with Crippen LogP contribution in [-0.4, -0.2) is 18.4 Å². The summed E-state index contributed by atoms with van der Waals surface area (Å²) in [5.41, 5.74) is 0.998. The summed E-state index contributed by atoms with van der Waals surface area (Å²) >= 11 is 0. The molecular weight excluding hydrogens is 333 g/mol. The normalized spacial score (nSPS) is 14.0. The Labute approximate surface area is 142 Å². The first-order valence-corrected chi connectivity index (χ1v) is 7.78. The fraction of sp³-hybridized carbons (Fsp3) is 0.222. The van der Waals surface area contributed by atoms with E-state index in [-0.39, 0.29) is 12.3 Å². The average Bonchev–Trinajstić information content (AvgIpc) is 3.02. The third-order valence-corrected chi connectivity index (χ3v) is 4.00. The van der Waals surface area contributed by atoms with E-state index in [2.05, 4.69) is 5.32 Å². The second kappa shape index (κ2) is 6.96. The van der Waals surface area contributed by atoms with Crippen LogP contribution in [0.25, 0.3) is 0 Å². The molecule has 0 aliphatic carbocycles. The second-order valence-electron chi connectivity index (χ2n) is 5.76. The van der Waals surface area contributed by atoms with Crippen LogP contribution in [0.4, 0.5) is 24.5 Å². The van der Waals surface area contributed by atoms with Crippen molar-refractivity contribution in [3.8, 4) is 0 Å². The SMILES string of the molecule is O=C(Cc1ccc(N2CCCC2=O)cc1)Nc1ccc(F)c(F)c1F. The molecule has 0 spiro atoms. The first-order valence-electron chi connectivity index (χ1n) is 7.78. The van der Waals surface area contributed by atoms with Gasteiger partial charge in [0, 0.05) is 18.7 Å². The van der Waals surface area contributed by atoms with Gasteiger partial charge in [0.1, 0.15) is 0 Å². The standard InChI is InChI=1S/C18H15F3N2O2/c19-13-7-8-14(18(21)17(13)20)22-15(24)10-11-3-5-12(6-4-11)23-9-1-2-16(23)25/h3-8H,1-2,9-10H2,(H,22,24). The summed E-state index contributed by atoms with van der Waals surface area (Å²) in [6, 6.07) is 8.59. The minimum atomic E-state index is -1.63. The maximum absolute atomic E-state index is 13.6. The molecule has 1 aliphatic rings. The van der Waals surface area contributed by atoms with Crippen LogP contribution >= 0.6 is 0 Å². The number of rotatable bonds is 4. The van der Waals surface area contributed by atoms with Crippen LogP contribution in [0.5, 0.6) is 0 Å². The van der Waals surface area contributed by atoms with Gasteiger partial charge in [0.2, 0.25) is 11.8 Å². The van der Waals surface area contributed by atoms with E-state index in [0.717, 1.165) is 24.2 Å². The Hall–Kier alpha value is -2.83. The molecule has 0 atom stereocenters. The molecule has 3 rings (SSSR count). The lowest BCUT2D eigenvalue weighted by Crippen LogP contribution is -2.23. The zero-order chi connectivity index (χ0) is 18.0. The molecule has 0 aromatic heterocycles. The Morgan fingerprint density at radius 2 is 1.76 bits per heavy atom. The van der Waals surface area contributed by atoms with Crippen molar-refractivity contribution in [2.45, 2.75) is 19.3 Å². The topological polar surface area (TPSA) is 49.4 Å². The maximum Gasteiger partial charge on any atom is 0.228 e. The van der Waals surface area contributed by atoms with Crippen molar-refractivity contribution in [1.29, 1.82) is 0 Å². The quantitative estimate of drug-likeness (QED) is 0.861. The van der Waals surface area contributed by atoms with Gasteiger partial charge >= 0.3 is 0 Å². The number of hydrogen-bond acceptors (Lipinski definition) is 2. The van der Waals surface area contributed by atoms with Crippen LogP contribution in [0.1, 0.15) is 18.4 Å². The largest absolute Gasteiger partial charge is 0.323 e. The van der Waals surface area contributed by atoms with Crippen LogP contribution < -0.4 is 10.2 Å². The Morgan fingerprint density at radius 3 is 2.40 bits per heavy atom. The molecule has 2 aromatic carbocycles. The second-order valence-corrected chi connectivity index (χ2v) is 5.76. The molecule has 0 unspecified atom stereocenters. The highest BCUT2D eigenvalue weighted by Gasteiger charge is 2.21. The number of anilines is 2. The van der Waals surface area contributed by atoms with Gasteiger partial charge in [-0.1, -0.05) is 12.1 Å². The number of carbonyl (C=O) groups is 2. The van der Waals surface area contributed by atoms with Gasteiger partial charge in [-0.3, -0.25) is 9.59 Å². The van der Waals surface area contributed by atoms with Gasteiger partial charge < -0.3 is 10.2 Å². The molecule has 7 heteroatoms. The minimum absolute atomic E-state index is 0.0628. The number of amides is 2. The smallest absolute Gasteiger partial charge is 0.228 e. The van der Waals surface area contributed by atoms with Crippen LogP contribution in [0.2, 0.25) is 0 Å². The number of nitrogens with one attached hydrogen (secondary N) is 1. The number of hydrogen-bond donors (Lipinski definition) is 1. The summed E-state index contributed by atoms with van der Waals surface area (Å²) in [4.78, 5) is 25.3. The molecule has 1 heterocycles. The summed E-state index contributed by atoms with van der Waals surface area (Å²) in [5.74, 6) is -4.87. The van der Waals surface area contributed by atoms with Gasteiger partial charge in [0.05, 0.1) is 12.1 Å². The molecule has 2 aromatic rings. The first-order chi connectivity index (χ1) is 12.0. The highest BCUT2D eigenvalue weighted by molar-refractivity contribution is 5.95. The van der Waals surface area contributed by atoms with E-state index in [9.17, 15) is 22.8 Å². The molecule has 130 valence electrons. The minimum Gasteiger partial charge on any atom is -0.323 e. The summed E-state index contributed by atoms with van der Waals surface area (Å²) in [5, 5.41) is 2.22. The number of halogens is 3. The van der Waals surface area contributed by atoms with Crippen molar-refractivity contribution in [3.63, 3.8) is 0 Å². The molecule has 1 saturated heterocycles. The Bertz CT molecular complexity index is 822. The summed E-state index contributed by atoms with van der Waals surface area (Å²) in [6.45, 7) is 0.675. The van der Waals surface area contributed by atoms with Gasteiger partial charge in [-0.25, -0.2) is 13.2 Å². The molecule has 0 bridgehead atoms. The lowest BCUT2D eigenvalue weighted by atomic mass is 10.1. The van der Waals surface area contributed by atoms with Crippen LogP contribution in [0, 0.1) is 17.5 Å². The van der Waals surface area contributed by atoms with Gasteiger partial charge in [0.25, 0.3) is 0 Å². The van der Waals surface area contributed by atoms with E-state index >= 15 is 0 Å². The number of nitrogens with zero attached hydrogens (tertiary/aromatic N) is 1. The summed E-state index contributed by atoms with van der Waals surface area (Å²) < 4.78 is 39.6. The zero-order valence-electron chi connectivity index (χ0n) is 13.2. The molecule has 1 N–H and O–H groups in total. The van der Waals surface area contributed by atoms with Crippen molar-refractivity contribution < 1.29 is 22.8 Å². The fourth-order valence-corrected chi connectivity index (χ4v) is 2.72. The van der Waals surface area contributed by atoms with Crippen molar-refractivity contribution in [1.82, 2.24) is 0 Å². The van der Waals surface area contributed by atoms with E-state index in [4.69, 9.17) is 0 Å². The molecule has 0 saturated carbocycles. The Balaban J connectivity index is 1.65. The van der Waals surface area contributed by atoms with Crippen molar-refractivity contribution in [3.05, 3.63) is 59.4 Å². The molecule has 0 radical (unpaired) electrons. The van der Waals surface area contributed by atoms with Crippen molar-refractivity contribution in [2.75, 3.05) is 16.8 Å². The van der Waals surface area contributed by atoms with Crippen LogP contribution in [-0.2, 0) is 16.0 Å². The van der Waals surface area contributed by atoms with Crippen LogP contribution in [0.15, 0.2) is 36.4 Å². The average molecular weight is 348 g/mol. The summed E-state index contributed by atoms with van der Waals surface area (Å²) in [6.07, 6.45) is 1.29. The Kier molecular flexibility index (Phi) is 4.74. The highest BCUT2D eigenvalue weighted by atomic mass is 19.2. The number of benzene rings is 2. The third-order valence-electron chi connectivity index (χ3n) is 4.00. The zero-order valence-corrected chi connectivity index (χ0v) is 13.2. The van der Waals surface area contributed by atoms with E-state index < -0.39 is 29.0 Å². The maximum atomic E-state index is 13.6. The van der Waals surface area contributed by atoms with Gasteiger partial charge in [-0.05, 0) is 36.2 Å². The lowest BCUT2D eigenvalue weighted by molar-refractivity contribution is -0.117. The third kappa shape index (κ3) is 3.65. The molecule has 25 heavy (non-hydrogen) atoms. The van der Waals surface area contributed by atoms with Gasteiger partial charge in [-0.15, -0.1) is 0 Å². The van der Waals surface area contributed by atoms with E-state index in [0.29, 0.717) is 18.5 Å². The summed E-state index contributed by atoms with van der Waals surface area (Å²) in [7, 11) is 0. The predicted octanol–water partition coefficient (Wildman–Crippen LogP) is 3.41. The molecular formula is C18H15F3N2O2. The molecule has 4 nitrogen and oxygen atoms in total. The molecule has 1 aliphatic heterocycles. The fourth-order valence-electron chi connectivity index (χ4n) is 2.72. The van der Waals surface area contributed by atoms with Crippen LogP contribution in [0.3, 0.4) is 0 Å². The lowest BCUT2D eigenvalue weighted by Gasteiger charge is -2.16. The van der Waals surface area contributed by atoms with E-state index in [1.165, 1.54) is 0 Å². The van der Waals surface area contributed by atoms with Gasteiger partial charge in [0.15, 0.2) is 17.5 Å². The Morgan fingerprint density at radius 1 is 1.04 bits per heavy atom. The number of carbonyl (C=O) groups excluding carboxylic acids is 2. The van der Waals surface area contributed by atoms with Crippen molar-refractivity contribution in [2.24, 2.45) is 0 Å².